The van der Waals surface area contributed by atoms with E-state index in [1.807, 2.05) is 30.5 Å². The van der Waals surface area contributed by atoms with Crippen molar-refractivity contribution >= 4 is 22.5 Å². The number of carbonyl (C=O) groups is 1. The largest absolute Gasteiger partial charge is 0.444 e. The lowest BCUT2D eigenvalue weighted by Crippen LogP contribution is -2.46. The zero-order chi connectivity index (χ0) is 21.9. The number of hydrogen-bond acceptors (Lipinski definition) is 6. The molecule has 0 spiro atoms. The first-order valence-electron chi connectivity index (χ1n) is 11.6. The standard InChI is InChI=1S/C25H31N5O2/c1-29-8-10-30(11-9-29)16-18-2-4-19(5-3-18)25(31)28-24-13-22-12-20(23-15-26-17-32-23)6-7-21(22)14-27-24/h6-7,12-15,17-19H,2-5,8-11,16H2,1H3,(H,27,28,31)/t18-,19-. The SMILES string of the molecule is CN1CCN(C[C@H]2CC[C@H](C(=O)Nc3cc4cc(-c5cnco5)ccc4cn3)CC2)CC1. The molecule has 3 heterocycles. The van der Waals surface area contributed by atoms with Crippen LogP contribution >= 0.6 is 0 Å². The van der Waals surface area contributed by atoms with Crippen LogP contribution in [0.4, 0.5) is 5.82 Å². The van der Waals surface area contributed by atoms with Gasteiger partial charge < -0.3 is 19.5 Å². The van der Waals surface area contributed by atoms with Crippen molar-refractivity contribution in [1.82, 2.24) is 19.8 Å². The molecule has 168 valence electrons. The van der Waals surface area contributed by atoms with Crippen LogP contribution in [-0.2, 0) is 4.79 Å². The number of rotatable bonds is 5. The first kappa shape index (κ1) is 21.1. The minimum Gasteiger partial charge on any atom is -0.444 e. The maximum Gasteiger partial charge on any atom is 0.228 e. The quantitative estimate of drug-likeness (QED) is 0.658. The van der Waals surface area contributed by atoms with Crippen LogP contribution in [0.2, 0.25) is 0 Å². The van der Waals surface area contributed by atoms with E-state index >= 15 is 0 Å². The van der Waals surface area contributed by atoms with Crippen LogP contribution in [0.15, 0.2) is 47.5 Å². The van der Waals surface area contributed by atoms with E-state index in [1.54, 1.807) is 6.20 Å². The number of piperazine rings is 1. The van der Waals surface area contributed by atoms with E-state index in [0.717, 1.165) is 66.8 Å². The molecule has 0 radical (unpaired) electrons. The number of aromatic nitrogens is 2. The van der Waals surface area contributed by atoms with Gasteiger partial charge in [-0.3, -0.25) is 4.79 Å². The summed E-state index contributed by atoms with van der Waals surface area (Å²) in [6, 6.07) is 7.97. The summed E-state index contributed by atoms with van der Waals surface area (Å²) in [6.45, 7) is 5.85. The van der Waals surface area contributed by atoms with E-state index in [1.165, 1.54) is 26.0 Å². The number of nitrogens with one attached hydrogen (secondary N) is 1. The molecule has 5 rings (SSSR count). The van der Waals surface area contributed by atoms with Gasteiger partial charge in [0.05, 0.1) is 6.20 Å². The third kappa shape index (κ3) is 4.84. The first-order chi connectivity index (χ1) is 15.6. The highest BCUT2D eigenvalue weighted by atomic mass is 16.3. The van der Waals surface area contributed by atoms with Crippen LogP contribution in [0.3, 0.4) is 0 Å². The molecule has 2 aliphatic rings. The van der Waals surface area contributed by atoms with Gasteiger partial charge in [0, 0.05) is 55.8 Å². The van der Waals surface area contributed by atoms with Gasteiger partial charge in [-0.2, -0.15) is 0 Å². The number of oxazole rings is 1. The fourth-order valence-electron chi connectivity index (χ4n) is 4.95. The third-order valence-electron chi connectivity index (χ3n) is 7.02. The molecule has 1 saturated carbocycles. The summed E-state index contributed by atoms with van der Waals surface area (Å²) in [6.07, 6.45) is 9.14. The maximum atomic E-state index is 12.9. The molecule has 3 aromatic rings. The Balaban J connectivity index is 1.17. The molecular formula is C25H31N5O2. The Labute approximate surface area is 188 Å². The molecule has 1 amide bonds. The molecule has 1 aliphatic heterocycles. The molecule has 1 N–H and O–H groups in total. The number of likely N-dealkylation sites (N-methyl/N-ethyl adjacent to an activating group) is 1. The van der Waals surface area contributed by atoms with Gasteiger partial charge in [0.2, 0.25) is 5.91 Å². The fraction of sp³-hybridized carbons (Fsp3) is 0.480. The predicted octanol–water partition coefficient (Wildman–Crippen LogP) is 3.88. The number of hydrogen-bond donors (Lipinski definition) is 1. The van der Waals surface area contributed by atoms with Crippen LogP contribution < -0.4 is 5.32 Å². The van der Waals surface area contributed by atoms with Gasteiger partial charge in [-0.25, -0.2) is 9.97 Å². The normalized spacial score (nSPS) is 22.8. The van der Waals surface area contributed by atoms with E-state index in [0.29, 0.717) is 5.82 Å². The number of amides is 1. The van der Waals surface area contributed by atoms with Crippen LogP contribution in [0, 0.1) is 11.8 Å². The Morgan fingerprint density at radius 1 is 1.06 bits per heavy atom. The molecule has 7 heteroatoms. The second-order valence-corrected chi connectivity index (χ2v) is 9.31. The summed E-state index contributed by atoms with van der Waals surface area (Å²) in [4.78, 5) is 26.3. The molecule has 7 nitrogen and oxygen atoms in total. The molecule has 32 heavy (non-hydrogen) atoms. The second kappa shape index (κ2) is 9.38. The topological polar surface area (TPSA) is 74.5 Å². The molecule has 0 atom stereocenters. The lowest BCUT2D eigenvalue weighted by atomic mass is 9.81. The summed E-state index contributed by atoms with van der Waals surface area (Å²) < 4.78 is 5.40. The highest BCUT2D eigenvalue weighted by Gasteiger charge is 2.28. The average Bonchev–Trinajstić information content (AvgIpc) is 3.36. The number of carbonyl (C=O) groups excluding carboxylic acids is 1. The smallest absolute Gasteiger partial charge is 0.228 e. The van der Waals surface area contributed by atoms with Gasteiger partial charge in [-0.1, -0.05) is 12.1 Å². The molecule has 2 fully saturated rings. The Morgan fingerprint density at radius 2 is 1.88 bits per heavy atom. The fourth-order valence-corrected chi connectivity index (χ4v) is 4.95. The van der Waals surface area contributed by atoms with Crippen LogP contribution in [0.5, 0.6) is 0 Å². The molecular weight excluding hydrogens is 402 g/mol. The summed E-state index contributed by atoms with van der Waals surface area (Å²) in [7, 11) is 2.20. The summed E-state index contributed by atoms with van der Waals surface area (Å²) in [5.41, 5.74) is 0.956. The zero-order valence-corrected chi connectivity index (χ0v) is 18.7. The van der Waals surface area contributed by atoms with Crippen molar-refractivity contribution in [3.05, 3.63) is 43.1 Å². The highest BCUT2D eigenvalue weighted by Crippen LogP contribution is 2.31. The van der Waals surface area contributed by atoms with Crippen molar-refractivity contribution in [2.24, 2.45) is 11.8 Å². The zero-order valence-electron chi connectivity index (χ0n) is 18.7. The van der Waals surface area contributed by atoms with Crippen LogP contribution in [0.1, 0.15) is 25.7 Å². The molecule has 0 unspecified atom stereocenters. The summed E-state index contributed by atoms with van der Waals surface area (Å²) >= 11 is 0. The van der Waals surface area contributed by atoms with Crippen LogP contribution in [-0.4, -0.2) is 65.4 Å². The van der Waals surface area contributed by atoms with Gasteiger partial charge in [-0.05, 0) is 56.2 Å². The lowest BCUT2D eigenvalue weighted by Gasteiger charge is -2.36. The van der Waals surface area contributed by atoms with E-state index in [9.17, 15) is 4.79 Å². The Hall–Kier alpha value is -2.77. The molecule has 1 aliphatic carbocycles. The van der Waals surface area contributed by atoms with Gasteiger partial charge in [0.15, 0.2) is 12.2 Å². The number of benzene rings is 1. The van der Waals surface area contributed by atoms with Crippen molar-refractivity contribution in [2.45, 2.75) is 25.7 Å². The van der Waals surface area contributed by atoms with Crippen molar-refractivity contribution in [2.75, 3.05) is 45.1 Å². The Morgan fingerprint density at radius 3 is 2.62 bits per heavy atom. The third-order valence-corrected chi connectivity index (χ3v) is 7.02. The maximum absolute atomic E-state index is 12.9. The number of nitrogens with zero attached hydrogens (tertiary/aromatic N) is 4. The van der Waals surface area contributed by atoms with Gasteiger partial charge >= 0.3 is 0 Å². The Bertz CT molecular complexity index is 1050. The number of anilines is 1. The molecule has 0 bridgehead atoms. The monoisotopic (exact) mass is 433 g/mol. The van der Waals surface area contributed by atoms with Crippen molar-refractivity contribution in [1.29, 1.82) is 0 Å². The summed E-state index contributed by atoms with van der Waals surface area (Å²) in [5.74, 6) is 2.23. The highest BCUT2D eigenvalue weighted by molar-refractivity contribution is 5.94. The lowest BCUT2D eigenvalue weighted by molar-refractivity contribution is -0.121. The minimum absolute atomic E-state index is 0.0803. The van der Waals surface area contributed by atoms with Crippen molar-refractivity contribution in [3.63, 3.8) is 0 Å². The second-order valence-electron chi connectivity index (χ2n) is 9.31. The van der Waals surface area contributed by atoms with E-state index in [-0.39, 0.29) is 11.8 Å². The minimum atomic E-state index is 0.0803. The van der Waals surface area contributed by atoms with Crippen molar-refractivity contribution < 1.29 is 9.21 Å². The summed E-state index contributed by atoms with van der Waals surface area (Å²) in [5, 5.41) is 5.10. The van der Waals surface area contributed by atoms with Gasteiger partial charge in [-0.15, -0.1) is 0 Å². The predicted molar refractivity (Wildman–Crippen MR) is 125 cm³/mol. The number of fused-ring (bicyclic) bond motifs is 1. The van der Waals surface area contributed by atoms with E-state index in [2.05, 4.69) is 32.1 Å². The molecule has 1 aromatic carbocycles. The Kier molecular flexibility index (Phi) is 6.19. The number of pyridine rings is 1. The van der Waals surface area contributed by atoms with Crippen molar-refractivity contribution in [3.8, 4) is 11.3 Å². The van der Waals surface area contributed by atoms with E-state index in [4.69, 9.17) is 4.42 Å². The molecule has 1 saturated heterocycles. The van der Waals surface area contributed by atoms with Crippen LogP contribution in [0.25, 0.3) is 22.1 Å². The van der Waals surface area contributed by atoms with Gasteiger partial charge in [0.1, 0.15) is 5.82 Å². The van der Waals surface area contributed by atoms with Gasteiger partial charge in [0.25, 0.3) is 0 Å². The molecule has 2 aromatic heterocycles. The first-order valence-corrected chi connectivity index (χ1v) is 11.6. The average molecular weight is 434 g/mol. The van der Waals surface area contributed by atoms with E-state index < -0.39 is 0 Å².